The second-order valence-electron chi connectivity index (χ2n) is 7.57. The molecule has 0 bridgehead atoms. The fraction of sp³-hybridized carbons (Fsp3) is 0.0769. The van der Waals surface area contributed by atoms with Gasteiger partial charge in [0, 0.05) is 0 Å². The van der Waals surface area contributed by atoms with Crippen molar-refractivity contribution in [1.82, 2.24) is 0 Å². The van der Waals surface area contributed by atoms with E-state index in [2.05, 4.69) is 51.9 Å². The molecule has 1 aliphatic heterocycles. The van der Waals surface area contributed by atoms with Gasteiger partial charge in [0.15, 0.2) is 0 Å². The third kappa shape index (κ3) is 3.70. The Morgan fingerprint density at radius 2 is 1.19 bits per heavy atom. The van der Waals surface area contributed by atoms with Gasteiger partial charge in [0.05, 0.1) is 0 Å². The topological polar surface area (TPSA) is 46.5 Å². The van der Waals surface area contributed by atoms with E-state index >= 15 is 0 Å². The van der Waals surface area contributed by atoms with Crippen molar-refractivity contribution in [3.8, 4) is 0 Å². The van der Waals surface area contributed by atoms with Crippen LogP contribution >= 0.6 is 0 Å². The van der Waals surface area contributed by atoms with Crippen molar-refractivity contribution in [3.05, 3.63) is 125 Å². The number of rotatable bonds is 3. The Kier molecular flexibility index (Phi) is 5.19. The zero-order valence-electron chi connectivity index (χ0n) is 17.0. The number of sulfonamides is 1. The summed E-state index contributed by atoms with van der Waals surface area (Å²) >= 11 is -2.18. The Balaban J connectivity index is 1.75. The molecule has 0 unspecified atom stereocenters. The van der Waals surface area contributed by atoms with Gasteiger partial charge in [0.1, 0.15) is 0 Å². The third-order valence-corrected chi connectivity index (χ3v) is 12.2. The number of nitrogens with zero attached hydrogens (tertiary/aromatic N) is 1. The van der Waals surface area contributed by atoms with Gasteiger partial charge in [0.25, 0.3) is 0 Å². The Morgan fingerprint density at radius 1 is 0.677 bits per heavy atom. The van der Waals surface area contributed by atoms with Crippen molar-refractivity contribution in [2.75, 3.05) is 0 Å². The van der Waals surface area contributed by atoms with Crippen LogP contribution in [0.5, 0.6) is 0 Å². The van der Waals surface area contributed by atoms with Gasteiger partial charge in [-0.15, -0.1) is 0 Å². The van der Waals surface area contributed by atoms with E-state index in [0.717, 1.165) is 25.6 Å². The Morgan fingerprint density at radius 3 is 1.77 bits per heavy atom. The average Bonchev–Trinajstić information content (AvgIpc) is 2.80. The first-order chi connectivity index (χ1) is 15.0. The van der Waals surface area contributed by atoms with Crippen LogP contribution in [0.15, 0.2) is 111 Å². The molecule has 0 saturated heterocycles. The van der Waals surface area contributed by atoms with Gasteiger partial charge in [-0.2, -0.15) is 0 Å². The van der Waals surface area contributed by atoms with Gasteiger partial charge in [0.2, 0.25) is 0 Å². The minimum atomic E-state index is -3.76. The molecule has 4 aromatic carbocycles. The summed E-state index contributed by atoms with van der Waals surface area (Å²) in [4.78, 5) is 0.252. The molecule has 4 aromatic rings. The van der Waals surface area contributed by atoms with Crippen LogP contribution in [0.25, 0.3) is 0 Å². The van der Waals surface area contributed by atoms with Crippen molar-refractivity contribution in [1.29, 1.82) is 0 Å². The molecule has 0 amide bonds. The molecular weight excluding hydrogens is 469 g/mol. The molecule has 0 radical (unpaired) electrons. The number of fused-ring (bicyclic) bond motifs is 2. The molecular formula is C26H21NO2SSe. The quantitative estimate of drug-likeness (QED) is 0.355. The average molecular weight is 490 g/mol. The van der Waals surface area contributed by atoms with Gasteiger partial charge in [-0.1, -0.05) is 0 Å². The zero-order chi connectivity index (χ0) is 21.4. The van der Waals surface area contributed by atoms with Gasteiger partial charge < -0.3 is 0 Å². The van der Waals surface area contributed by atoms with E-state index in [1.165, 1.54) is 5.56 Å². The van der Waals surface area contributed by atoms with Crippen molar-refractivity contribution < 1.29 is 8.42 Å². The van der Waals surface area contributed by atoms with Crippen LogP contribution in [0.1, 0.15) is 28.2 Å². The van der Waals surface area contributed by atoms with Crippen molar-refractivity contribution in [2.24, 2.45) is 3.37 Å². The van der Waals surface area contributed by atoms with Gasteiger partial charge in [-0.3, -0.25) is 0 Å². The molecule has 3 nitrogen and oxygen atoms in total. The minimum absolute atomic E-state index is 0.0749. The molecule has 5 rings (SSSR count). The van der Waals surface area contributed by atoms with Crippen LogP contribution in [0.4, 0.5) is 0 Å². The molecule has 154 valence electrons. The van der Waals surface area contributed by atoms with Crippen LogP contribution in [-0.2, 0) is 10.0 Å². The van der Waals surface area contributed by atoms with Crippen LogP contribution in [0, 0.1) is 6.92 Å². The first-order valence-electron chi connectivity index (χ1n) is 10.1. The van der Waals surface area contributed by atoms with E-state index in [1.54, 1.807) is 12.1 Å². The maximum absolute atomic E-state index is 13.2. The molecule has 5 heteroatoms. The second-order valence-corrected chi connectivity index (χ2v) is 13.1. The van der Waals surface area contributed by atoms with E-state index < -0.39 is 23.7 Å². The fourth-order valence-corrected chi connectivity index (χ4v) is 10.8. The SMILES string of the molecule is Cc1ccc(S(=O)(=O)N=[Se]2c3ccccc3C(c3ccccc3)c3ccccc32)cc1. The van der Waals surface area contributed by atoms with Crippen LogP contribution in [0.2, 0.25) is 0 Å². The fourth-order valence-electron chi connectivity index (χ4n) is 4.01. The Hall–Kier alpha value is -2.85. The van der Waals surface area contributed by atoms with E-state index in [0.29, 0.717) is 0 Å². The molecule has 1 aliphatic rings. The summed E-state index contributed by atoms with van der Waals surface area (Å²) in [5, 5.41) is 0. The first-order valence-corrected chi connectivity index (χ1v) is 14.0. The van der Waals surface area contributed by atoms with E-state index in [4.69, 9.17) is 0 Å². The Labute approximate surface area is 187 Å². The summed E-state index contributed by atoms with van der Waals surface area (Å²) in [6.45, 7) is 1.94. The van der Waals surface area contributed by atoms with Crippen LogP contribution in [0.3, 0.4) is 0 Å². The second kappa shape index (κ2) is 8.01. The molecule has 1 heterocycles. The van der Waals surface area contributed by atoms with Gasteiger partial charge in [-0.25, -0.2) is 0 Å². The first kappa shape index (κ1) is 20.1. The number of benzene rings is 4. The third-order valence-electron chi connectivity index (χ3n) is 5.50. The molecule has 0 fully saturated rings. The number of hydrogen-bond donors (Lipinski definition) is 0. The van der Waals surface area contributed by atoms with Gasteiger partial charge >= 0.3 is 188 Å². The van der Waals surface area contributed by atoms with Crippen LogP contribution in [-0.4, -0.2) is 22.1 Å². The summed E-state index contributed by atoms with van der Waals surface area (Å²) in [6, 6.07) is 33.7. The molecule has 0 spiro atoms. The van der Waals surface area contributed by atoms with Crippen LogP contribution < -0.4 is 8.92 Å². The standard InChI is InChI=1S/C26H21NO2SSe/c1-19-15-17-21(18-16-19)30(28,29)27-31-24-13-7-5-11-22(24)26(20-9-3-2-4-10-20)23-12-6-8-14-25(23)31/h2-18,26H,1H3. The summed E-state index contributed by atoms with van der Waals surface area (Å²) < 4.78 is 33.2. The number of aryl methyl sites for hydroxylation is 1. The summed E-state index contributed by atoms with van der Waals surface area (Å²) in [5.41, 5.74) is 4.53. The summed E-state index contributed by atoms with van der Waals surface area (Å²) in [6.07, 6.45) is 0. The predicted octanol–water partition coefficient (Wildman–Crippen LogP) is 4.25. The van der Waals surface area contributed by atoms with E-state index in [-0.39, 0.29) is 10.8 Å². The molecule has 0 aromatic heterocycles. The normalized spacial score (nSPS) is 17.5. The van der Waals surface area contributed by atoms with Gasteiger partial charge in [-0.05, 0) is 0 Å². The van der Waals surface area contributed by atoms with Crippen molar-refractivity contribution in [3.63, 3.8) is 0 Å². The number of hydrogen-bond acceptors (Lipinski definition) is 2. The zero-order valence-corrected chi connectivity index (χ0v) is 19.5. The van der Waals surface area contributed by atoms with Crippen molar-refractivity contribution in [2.45, 2.75) is 17.7 Å². The Bertz CT molecular complexity index is 1350. The summed E-state index contributed by atoms with van der Waals surface area (Å²) in [7, 11) is -3.76. The molecule has 0 N–H and O–H groups in total. The molecule has 0 atom stereocenters. The molecule has 0 saturated carbocycles. The molecule has 31 heavy (non-hydrogen) atoms. The van der Waals surface area contributed by atoms with E-state index in [1.807, 2.05) is 49.4 Å². The van der Waals surface area contributed by atoms with Crippen molar-refractivity contribution >= 4 is 32.7 Å². The maximum atomic E-state index is 13.2. The predicted molar refractivity (Wildman–Crippen MR) is 126 cm³/mol. The molecule has 0 aliphatic carbocycles. The van der Waals surface area contributed by atoms with E-state index in [9.17, 15) is 8.42 Å². The monoisotopic (exact) mass is 491 g/mol. The summed E-state index contributed by atoms with van der Waals surface area (Å²) in [5.74, 6) is 0.0749.